The second-order valence-corrected chi connectivity index (χ2v) is 8.98. The number of ether oxygens (including phenoxy) is 1. The molecule has 2 aromatic carbocycles. The minimum absolute atomic E-state index is 0.0935. The molecule has 2 N–H and O–H groups in total. The summed E-state index contributed by atoms with van der Waals surface area (Å²) in [6, 6.07) is 11.3. The van der Waals surface area contributed by atoms with E-state index in [9.17, 15) is 14.4 Å². The minimum Gasteiger partial charge on any atom is -0.465 e. The van der Waals surface area contributed by atoms with Gasteiger partial charge in [-0.1, -0.05) is 25.4 Å². The van der Waals surface area contributed by atoms with E-state index < -0.39 is 12.0 Å². The van der Waals surface area contributed by atoms with Crippen molar-refractivity contribution < 1.29 is 19.1 Å². The van der Waals surface area contributed by atoms with Crippen molar-refractivity contribution in [2.75, 3.05) is 13.7 Å². The van der Waals surface area contributed by atoms with Crippen molar-refractivity contribution in [3.8, 4) is 0 Å². The van der Waals surface area contributed by atoms with Crippen molar-refractivity contribution in [2.24, 2.45) is 5.92 Å². The van der Waals surface area contributed by atoms with Gasteiger partial charge >= 0.3 is 5.97 Å². The number of carbonyl (C=O) groups is 3. The monoisotopic (exact) mass is 467 g/mol. The third-order valence-corrected chi connectivity index (χ3v) is 6.29. The lowest BCUT2D eigenvalue weighted by atomic mass is 9.98. The molecule has 0 fully saturated rings. The Bertz CT molecular complexity index is 1220. The first-order chi connectivity index (χ1) is 15.8. The van der Waals surface area contributed by atoms with E-state index in [1.54, 1.807) is 41.3 Å². The fourth-order valence-corrected chi connectivity index (χ4v) is 4.31. The van der Waals surface area contributed by atoms with Gasteiger partial charge in [0.15, 0.2) is 0 Å². The van der Waals surface area contributed by atoms with Crippen LogP contribution in [0.1, 0.15) is 45.8 Å². The van der Waals surface area contributed by atoms with Crippen LogP contribution in [-0.4, -0.2) is 47.4 Å². The first-order valence-corrected chi connectivity index (χ1v) is 11.2. The largest absolute Gasteiger partial charge is 0.465 e. The Hall–Kier alpha value is -3.32. The van der Waals surface area contributed by atoms with Gasteiger partial charge in [0.1, 0.15) is 6.04 Å². The molecule has 33 heavy (non-hydrogen) atoms. The third-order valence-electron chi connectivity index (χ3n) is 6.03. The van der Waals surface area contributed by atoms with E-state index in [-0.39, 0.29) is 17.7 Å². The van der Waals surface area contributed by atoms with Crippen LogP contribution in [-0.2, 0) is 22.5 Å². The quantitative estimate of drug-likeness (QED) is 0.556. The predicted octanol–water partition coefficient (Wildman–Crippen LogP) is 3.95. The van der Waals surface area contributed by atoms with Crippen molar-refractivity contribution in [1.82, 2.24) is 15.2 Å². The molecule has 0 bridgehead atoms. The van der Waals surface area contributed by atoms with Gasteiger partial charge in [0, 0.05) is 52.3 Å². The summed E-state index contributed by atoms with van der Waals surface area (Å²) in [5.74, 6) is -0.938. The van der Waals surface area contributed by atoms with E-state index in [2.05, 4.69) is 10.3 Å². The summed E-state index contributed by atoms with van der Waals surface area (Å²) in [5.41, 5.74) is 3.87. The molecule has 0 spiro atoms. The molecule has 0 aliphatic carbocycles. The molecule has 3 aromatic rings. The van der Waals surface area contributed by atoms with Gasteiger partial charge in [-0.05, 0) is 48.4 Å². The van der Waals surface area contributed by atoms with Crippen LogP contribution < -0.4 is 5.32 Å². The number of nitrogens with zero attached hydrogens (tertiary/aromatic N) is 1. The molecular formula is C25H26ClN3O4. The molecule has 4 rings (SSSR count). The number of methoxy groups -OCH3 is 1. The van der Waals surface area contributed by atoms with Crippen molar-refractivity contribution >= 4 is 40.3 Å². The number of fused-ring (bicyclic) bond motifs is 3. The molecule has 2 heterocycles. The Balaban J connectivity index is 1.56. The molecule has 0 saturated heterocycles. The minimum atomic E-state index is -0.662. The zero-order valence-electron chi connectivity index (χ0n) is 18.8. The zero-order chi connectivity index (χ0) is 23.7. The lowest BCUT2D eigenvalue weighted by molar-refractivity contribution is -0.135. The van der Waals surface area contributed by atoms with Crippen molar-refractivity contribution in [3.05, 3.63) is 69.9 Å². The highest BCUT2D eigenvalue weighted by atomic mass is 35.5. The first kappa shape index (κ1) is 22.9. The summed E-state index contributed by atoms with van der Waals surface area (Å²) >= 11 is 5.91. The van der Waals surface area contributed by atoms with E-state index in [1.165, 1.54) is 7.11 Å². The molecule has 1 aromatic heterocycles. The van der Waals surface area contributed by atoms with E-state index >= 15 is 0 Å². The van der Waals surface area contributed by atoms with Crippen LogP contribution >= 0.6 is 11.6 Å². The third kappa shape index (κ3) is 4.59. The van der Waals surface area contributed by atoms with Crippen LogP contribution in [0.3, 0.4) is 0 Å². The standard InChI is InChI=1S/C25H26ClN3O4/c1-14(2)22(28-23(30)15-4-7-17(26)8-5-15)24(31)29-11-10-21-19(13-29)18-12-16(25(32)33-3)6-9-20(18)27-21/h4-9,12,14,22,27H,10-11,13H2,1-3H3,(H,28,30). The first-order valence-electron chi connectivity index (χ1n) is 10.9. The number of carbonyl (C=O) groups excluding carboxylic acids is 3. The number of hydrogen-bond donors (Lipinski definition) is 2. The van der Waals surface area contributed by atoms with Gasteiger partial charge in [0.05, 0.1) is 12.7 Å². The van der Waals surface area contributed by atoms with Gasteiger partial charge < -0.3 is 19.9 Å². The molecule has 1 aliphatic rings. The molecule has 7 nitrogen and oxygen atoms in total. The second kappa shape index (κ2) is 9.27. The number of benzene rings is 2. The summed E-state index contributed by atoms with van der Waals surface area (Å²) in [4.78, 5) is 43.3. The topological polar surface area (TPSA) is 91.5 Å². The molecular weight excluding hydrogens is 442 g/mol. The van der Waals surface area contributed by atoms with Gasteiger partial charge in [-0.3, -0.25) is 9.59 Å². The Kier molecular flexibility index (Phi) is 6.42. The Labute approximate surface area is 197 Å². The van der Waals surface area contributed by atoms with Crippen molar-refractivity contribution in [1.29, 1.82) is 0 Å². The van der Waals surface area contributed by atoms with E-state index in [0.29, 0.717) is 35.7 Å². The summed E-state index contributed by atoms with van der Waals surface area (Å²) < 4.78 is 4.84. The van der Waals surface area contributed by atoms with Crippen LogP contribution in [0.2, 0.25) is 5.02 Å². The molecule has 1 unspecified atom stereocenters. The smallest absolute Gasteiger partial charge is 0.337 e. The molecule has 0 saturated carbocycles. The van der Waals surface area contributed by atoms with Gasteiger partial charge in [-0.2, -0.15) is 0 Å². The zero-order valence-corrected chi connectivity index (χ0v) is 19.5. The molecule has 172 valence electrons. The lowest BCUT2D eigenvalue weighted by Crippen LogP contribution is -2.52. The number of halogens is 1. The summed E-state index contributed by atoms with van der Waals surface area (Å²) in [6.07, 6.45) is 0.666. The fraction of sp³-hybridized carbons (Fsp3) is 0.320. The number of aromatic nitrogens is 1. The number of aromatic amines is 1. The average Bonchev–Trinajstić information content (AvgIpc) is 3.18. The molecule has 1 aliphatic heterocycles. The van der Waals surface area contributed by atoms with Gasteiger partial charge in [-0.25, -0.2) is 4.79 Å². The van der Waals surface area contributed by atoms with Crippen LogP contribution in [0.25, 0.3) is 10.9 Å². The highest BCUT2D eigenvalue weighted by molar-refractivity contribution is 6.30. The number of rotatable bonds is 5. The fourth-order valence-electron chi connectivity index (χ4n) is 4.18. The van der Waals surface area contributed by atoms with Crippen LogP contribution in [0.5, 0.6) is 0 Å². The summed E-state index contributed by atoms with van der Waals surface area (Å²) in [5, 5.41) is 4.34. The van der Waals surface area contributed by atoms with Crippen molar-refractivity contribution in [2.45, 2.75) is 32.9 Å². The number of esters is 1. The maximum Gasteiger partial charge on any atom is 0.337 e. The van der Waals surface area contributed by atoms with Gasteiger partial charge in [0.2, 0.25) is 5.91 Å². The van der Waals surface area contributed by atoms with E-state index in [4.69, 9.17) is 16.3 Å². The van der Waals surface area contributed by atoms with E-state index in [1.807, 2.05) is 19.9 Å². The molecule has 2 amide bonds. The van der Waals surface area contributed by atoms with E-state index in [0.717, 1.165) is 22.2 Å². The Morgan fingerprint density at radius 3 is 2.45 bits per heavy atom. The number of hydrogen-bond acceptors (Lipinski definition) is 4. The van der Waals surface area contributed by atoms with Crippen LogP contribution in [0, 0.1) is 5.92 Å². The van der Waals surface area contributed by atoms with Crippen LogP contribution in [0.15, 0.2) is 42.5 Å². The maximum absolute atomic E-state index is 13.5. The predicted molar refractivity (Wildman–Crippen MR) is 126 cm³/mol. The summed E-state index contributed by atoms with van der Waals surface area (Å²) in [6.45, 7) is 4.77. The number of amides is 2. The highest BCUT2D eigenvalue weighted by Crippen LogP contribution is 2.29. The summed E-state index contributed by atoms with van der Waals surface area (Å²) in [7, 11) is 1.35. The molecule has 0 radical (unpaired) electrons. The maximum atomic E-state index is 13.5. The van der Waals surface area contributed by atoms with Crippen LogP contribution in [0.4, 0.5) is 0 Å². The number of nitrogens with one attached hydrogen (secondary N) is 2. The van der Waals surface area contributed by atoms with Crippen molar-refractivity contribution in [3.63, 3.8) is 0 Å². The molecule has 8 heteroatoms. The Morgan fingerprint density at radius 1 is 1.09 bits per heavy atom. The van der Waals surface area contributed by atoms with Gasteiger partial charge in [0.25, 0.3) is 5.91 Å². The Morgan fingerprint density at radius 2 is 1.79 bits per heavy atom. The average molecular weight is 468 g/mol. The SMILES string of the molecule is COC(=O)c1ccc2[nH]c3c(c2c1)CN(C(=O)C(NC(=O)c1ccc(Cl)cc1)C(C)C)CC3. The lowest BCUT2D eigenvalue weighted by Gasteiger charge is -2.32. The van der Waals surface area contributed by atoms with Gasteiger partial charge in [-0.15, -0.1) is 0 Å². The second-order valence-electron chi connectivity index (χ2n) is 8.55. The highest BCUT2D eigenvalue weighted by Gasteiger charge is 2.32. The normalized spacial score (nSPS) is 14.2. The number of H-pyrrole nitrogens is 1. The molecule has 1 atom stereocenters.